The molecule has 5 aromatic rings. The second-order valence-electron chi connectivity index (χ2n) is 7.96. The Morgan fingerprint density at radius 3 is 2.27 bits per heavy atom. The van der Waals surface area contributed by atoms with E-state index in [1.54, 1.807) is 16.8 Å². The van der Waals surface area contributed by atoms with Crippen molar-refractivity contribution in [2.45, 2.75) is 6.92 Å². The van der Waals surface area contributed by atoms with Crippen molar-refractivity contribution in [1.82, 2.24) is 14.8 Å². The first-order chi connectivity index (χ1) is 16.0. The van der Waals surface area contributed by atoms with Crippen molar-refractivity contribution in [3.05, 3.63) is 100 Å². The Labute approximate surface area is 197 Å². The topological polar surface area (TPSA) is 64.8 Å². The molecule has 0 fully saturated rings. The van der Waals surface area contributed by atoms with Crippen molar-refractivity contribution in [2.75, 3.05) is 0 Å². The molecule has 2 heterocycles. The van der Waals surface area contributed by atoms with Gasteiger partial charge in [-0.1, -0.05) is 70.5 Å². The van der Waals surface area contributed by atoms with E-state index in [9.17, 15) is 9.59 Å². The highest BCUT2D eigenvalue weighted by Crippen LogP contribution is 2.43. The maximum atomic E-state index is 13.5. The molecule has 0 unspecified atom stereocenters. The first-order valence-electron chi connectivity index (χ1n) is 10.5. The quantitative estimate of drug-likeness (QED) is 0.274. The number of pyridine rings is 1. The van der Waals surface area contributed by atoms with Crippen LogP contribution in [0.4, 0.5) is 0 Å². The van der Waals surface area contributed by atoms with Crippen LogP contribution in [-0.2, 0) is 0 Å². The SMILES string of the molecule is Cc1nn(-c2ccccc2)c2nc3c(c(-c4cccc(Br)c4)c12)C(=O)C(=O)c1ccccc1-3. The summed E-state index contributed by atoms with van der Waals surface area (Å²) in [6, 6.07) is 24.7. The predicted molar refractivity (Wildman–Crippen MR) is 131 cm³/mol. The van der Waals surface area contributed by atoms with Gasteiger partial charge in [-0.2, -0.15) is 5.10 Å². The van der Waals surface area contributed by atoms with Gasteiger partial charge in [-0.25, -0.2) is 9.67 Å². The molecule has 0 radical (unpaired) electrons. The number of para-hydroxylation sites is 1. The molecule has 6 rings (SSSR count). The lowest BCUT2D eigenvalue weighted by molar-refractivity contribution is 0.0815. The van der Waals surface area contributed by atoms with Crippen LogP contribution in [-0.4, -0.2) is 26.3 Å². The fourth-order valence-electron chi connectivity index (χ4n) is 4.54. The number of carbonyl (C=O) groups is 2. The highest BCUT2D eigenvalue weighted by Gasteiger charge is 2.36. The molecule has 0 saturated heterocycles. The third-order valence-corrected chi connectivity index (χ3v) is 6.46. The number of fused-ring (bicyclic) bond motifs is 4. The van der Waals surface area contributed by atoms with E-state index >= 15 is 0 Å². The van der Waals surface area contributed by atoms with Gasteiger partial charge in [-0.3, -0.25) is 9.59 Å². The summed E-state index contributed by atoms with van der Waals surface area (Å²) in [7, 11) is 0. The minimum Gasteiger partial charge on any atom is -0.285 e. The van der Waals surface area contributed by atoms with Crippen molar-refractivity contribution in [3.8, 4) is 28.1 Å². The summed E-state index contributed by atoms with van der Waals surface area (Å²) in [4.78, 5) is 31.5. The molecule has 0 amide bonds. The molecule has 1 aliphatic rings. The molecule has 3 aromatic carbocycles. The highest BCUT2D eigenvalue weighted by atomic mass is 79.9. The largest absolute Gasteiger partial charge is 0.285 e. The van der Waals surface area contributed by atoms with E-state index < -0.39 is 11.6 Å². The van der Waals surface area contributed by atoms with Crippen LogP contribution in [0, 0.1) is 6.92 Å². The number of halogens is 1. The number of rotatable bonds is 2. The highest BCUT2D eigenvalue weighted by molar-refractivity contribution is 9.10. The van der Waals surface area contributed by atoms with Gasteiger partial charge in [0.2, 0.25) is 11.6 Å². The minimum absolute atomic E-state index is 0.333. The van der Waals surface area contributed by atoms with Crippen LogP contribution < -0.4 is 0 Å². The molecule has 158 valence electrons. The standard InChI is InChI=1S/C27H16BrN3O2/c1-15-21-22(16-8-7-9-17(28)14-16)23-24(19-12-5-6-13-20(19)25(32)26(23)33)29-27(21)31(30-15)18-10-3-2-4-11-18/h2-14H,1H3. The lowest BCUT2D eigenvalue weighted by Gasteiger charge is -2.21. The molecule has 0 aliphatic heterocycles. The molecule has 0 spiro atoms. The number of Topliss-reactive ketones (excluding diaryl/α,β-unsaturated/α-hetero) is 2. The Morgan fingerprint density at radius 2 is 1.52 bits per heavy atom. The first kappa shape index (κ1) is 19.8. The Balaban J connectivity index is 1.82. The van der Waals surface area contributed by atoms with Gasteiger partial charge in [0.05, 0.1) is 28.0 Å². The molecule has 2 aromatic heterocycles. The number of nitrogens with zero attached hydrogens (tertiary/aromatic N) is 3. The summed E-state index contributed by atoms with van der Waals surface area (Å²) in [6.45, 7) is 1.90. The molecule has 0 atom stereocenters. The molecule has 6 heteroatoms. The maximum Gasteiger partial charge on any atom is 0.236 e. The molecule has 1 aliphatic carbocycles. The monoisotopic (exact) mass is 493 g/mol. The molecule has 0 bridgehead atoms. The fraction of sp³-hybridized carbons (Fsp3) is 0.0370. The zero-order valence-corrected chi connectivity index (χ0v) is 19.1. The Morgan fingerprint density at radius 1 is 0.788 bits per heavy atom. The van der Waals surface area contributed by atoms with E-state index in [4.69, 9.17) is 10.1 Å². The number of ketones is 2. The summed E-state index contributed by atoms with van der Waals surface area (Å²) in [6.07, 6.45) is 0. The first-order valence-corrected chi connectivity index (χ1v) is 11.3. The summed E-state index contributed by atoms with van der Waals surface area (Å²) < 4.78 is 2.68. The molecule has 33 heavy (non-hydrogen) atoms. The lowest BCUT2D eigenvalue weighted by atomic mass is 9.82. The number of carbonyl (C=O) groups excluding carboxylic acids is 2. The van der Waals surface area contributed by atoms with Crippen molar-refractivity contribution < 1.29 is 9.59 Å². The molecule has 0 saturated carbocycles. The van der Waals surface area contributed by atoms with E-state index in [0.29, 0.717) is 33.6 Å². The molecule has 0 N–H and O–H groups in total. The van der Waals surface area contributed by atoms with Gasteiger partial charge in [0.1, 0.15) is 0 Å². The van der Waals surface area contributed by atoms with Gasteiger partial charge in [0, 0.05) is 21.2 Å². The van der Waals surface area contributed by atoms with Crippen LogP contribution in [0.5, 0.6) is 0 Å². The number of hydrogen-bond acceptors (Lipinski definition) is 4. The predicted octanol–water partition coefficient (Wildman–Crippen LogP) is 6.20. The number of hydrogen-bond donors (Lipinski definition) is 0. The van der Waals surface area contributed by atoms with Gasteiger partial charge in [0.25, 0.3) is 0 Å². The van der Waals surface area contributed by atoms with Gasteiger partial charge in [-0.05, 0) is 36.8 Å². The number of aryl methyl sites for hydroxylation is 1. The second kappa shape index (κ2) is 7.32. The van der Waals surface area contributed by atoms with Crippen LogP contribution in [0.1, 0.15) is 26.4 Å². The average molecular weight is 494 g/mol. The summed E-state index contributed by atoms with van der Waals surface area (Å²) in [5, 5.41) is 5.55. The molecule has 5 nitrogen and oxygen atoms in total. The number of benzene rings is 3. The van der Waals surface area contributed by atoms with Gasteiger partial charge in [-0.15, -0.1) is 0 Å². The zero-order valence-electron chi connectivity index (χ0n) is 17.5. The number of aromatic nitrogens is 3. The van der Waals surface area contributed by atoms with Crippen LogP contribution in [0.25, 0.3) is 39.1 Å². The van der Waals surface area contributed by atoms with Crippen LogP contribution in [0.3, 0.4) is 0 Å². The Kier molecular flexibility index (Phi) is 4.38. The molecular weight excluding hydrogens is 478 g/mol. The van der Waals surface area contributed by atoms with Crippen LogP contribution in [0.15, 0.2) is 83.3 Å². The van der Waals surface area contributed by atoms with Crippen molar-refractivity contribution in [2.24, 2.45) is 0 Å². The van der Waals surface area contributed by atoms with Crippen molar-refractivity contribution in [3.63, 3.8) is 0 Å². The third-order valence-electron chi connectivity index (χ3n) is 5.96. The van der Waals surface area contributed by atoms with E-state index in [-0.39, 0.29) is 0 Å². The third kappa shape index (κ3) is 2.91. The van der Waals surface area contributed by atoms with Crippen molar-refractivity contribution in [1.29, 1.82) is 0 Å². The average Bonchev–Trinajstić information content (AvgIpc) is 3.18. The maximum absolute atomic E-state index is 13.5. The van der Waals surface area contributed by atoms with E-state index in [1.165, 1.54) is 0 Å². The summed E-state index contributed by atoms with van der Waals surface area (Å²) in [5.74, 6) is -1.05. The van der Waals surface area contributed by atoms with Gasteiger partial charge >= 0.3 is 0 Å². The lowest BCUT2D eigenvalue weighted by Crippen LogP contribution is -2.23. The van der Waals surface area contributed by atoms with E-state index in [1.807, 2.05) is 73.7 Å². The normalized spacial score (nSPS) is 12.7. The summed E-state index contributed by atoms with van der Waals surface area (Å²) >= 11 is 3.54. The fourth-order valence-corrected chi connectivity index (χ4v) is 4.94. The van der Waals surface area contributed by atoms with E-state index in [0.717, 1.165) is 26.8 Å². The molecular formula is C27H16BrN3O2. The van der Waals surface area contributed by atoms with Gasteiger partial charge < -0.3 is 0 Å². The Bertz CT molecular complexity index is 1620. The zero-order chi connectivity index (χ0) is 22.7. The van der Waals surface area contributed by atoms with Gasteiger partial charge in [0.15, 0.2) is 5.65 Å². The Hall–Kier alpha value is -3.90. The van der Waals surface area contributed by atoms with Crippen molar-refractivity contribution >= 4 is 38.5 Å². The minimum atomic E-state index is -0.542. The van der Waals surface area contributed by atoms with E-state index in [2.05, 4.69) is 15.9 Å². The summed E-state index contributed by atoms with van der Waals surface area (Å²) in [5.41, 5.74) is 5.64. The van der Waals surface area contributed by atoms with Crippen LogP contribution in [0.2, 0.25) is 0 Å². The second-order valence-corrected chi connectivity index (χ2v) is 8.87. The smallest absolute Gasteiger partial charge is 0.236 e. The van der Waals surface area contributed by atoms with Crippen LogP contribution >= 0.6 is 15.9 Å².